The second kappa shape index (κ2) is 10.9. The van der Waals surface area contributed by atoms with Crippen LogP contribution in [0.2, 0.25) is 0 Å². The molecule has 0 saturated heterocycles. The average molecular weight is 580 g/mol. The predicted octanol–water partition coefficient (Wildman–Crippen LogP) is 4.11. The van der Waals surface area contributed by atoms with Gasteiger partial charge in [-0.2, -0.15) is 0 Å². The molecule has 8 nitrogen and oxygen atoms in total. The number of hydrogen-bond donors (Lipinski definition) is 0. The van der Waals surface area contributed by atoms with Gasteiger partial charge >= 0.3 is 5.97 Å². The Labute approximate surface area is 246 Å². The third-order valence-corrected chi connectivity index (χ3v) is 8.38. The van der Waals surface area contributed by atoms with Crippen LogP contribution in [-0.2, 0) is 20.9 Å². The summed E-state index contributed by atoms with van der Waals surface area (Å²) in [5.74, 6) is -0.144. The van der Waals surface area contributed by atoms with Crippen molar-refractivity contribution in [1.29, 1.82) is 0 Å². The molecule has 212 valence electrons. The molecule has 0 fully saturated rings. The zero-order valence-corrected chi connectivity index (χ0v) is 24.5. The first-order valence-electron chi connectivity index (χ1n) is 13.6. The van der Waals surface area contributed by atoms with Crippen LogP contribution in [0.5, 0.6) is 5.75 Å². The monoisotopic (exact) mass is 579 g/mol. The molecule has 0 unspecified atom stereocenters. The van der Waals surface area contributed by atoms with E-state index in [0.29, 0.717) is 39.5 Å². The summed E-state index contributed by atoms with van der Waals surface area (Å²) < 4.78 is 12.7. The van der Waals surface area contributed by atoms with Gasteiger partial charge in [-0.05, 0) is 50.1 Å². The molecule has 3 aromatic carbocycles. The van der Waals surface area contributed by atoms with E-state index >= 15 is 0 Å². The summed E-state index contributed by atoms with van der Waals surface area (Å²) in [6.45, 7) is 5.66. The standard InChI is InChI=1S/C33H29N3O5S/c1-19(2)41-32(39)26-20(3)34-33-36(28(26)22-14-16-23(40-4)17-15-22)31(38)29(42-33)27-24-12-8-9-13-25(24)35(30(27)37)18-21-10-6-5-7-11-21/h5-17,19,28H,18H2,1-4H3/b29-27-/t28-/m0/s1. The van der Waals surface area contributed by atoms with Crippen LogP contribution in [0.15, 0.2) is 99.9 Å². The number of carbonyl (C=O) groups is 2. The van der Waals surface area contributed by atoms with Crippen LogP contribution in [-0.4, -0.2) is 29.7 Å². The maximum Gasteiger partial charge on any atom is 0.338 e. The molecule has 0 spiro atoms. The second-order valence-electron chi connectivity index (χ2n) is 10.4. The number of fused-ring (bicyclic) bond motifs is 2. The molecule has 0 N–H and O–H groups in total. The first-order valence-corrected chi connectivity index (χ1v) is 14.5. The van der Waals surface area contributed by atoms with E-state index in [-0.39, 0.29) is 27.7 Å². The summed E-state index contributed by atoms with van der Waals surface area (Å²) in [5, 5.41) is 0. The summed E-state index contributed by atoms with van der Waals surface area (Å²) in [6.07, 6.45) is -0.357. The number of methoxy groups -OCH3 is 1. The lowest BCUT2D eigenvalue weighted by Gasteiger charge is -2.25. The molecule has 9 heteroatoms. The second-order valence-corrected chi connectivity index (χ2v) is 11.4. The highest BCUT2D eigenvalue weighted by Crippen LogP contribution is 2.37. The first-order chi connectivity index (χ1) is 20.3. The summed E-state index contributed by atoms with van der Waals surface area (Å²) in [7, 11) is 1.58. The Bertz CT molecular complexity index is 1920. The number of anilines is 1. The molecule has 0 saturated carbocycles. The third kappa shape index (κ3) is 4.65. The molecular formula is C33H29N3O5S. The van der Waals surface area contributed by atoms with Gasteiger partial charge in [0.05, 0.1) is 48.3 Å². The third-order valence-electron chi connectivity index (χ3n) is 7.33. The smallest absolute Gasteiger partial charge is 0.338 e. The van der Waals surface area contributed by atoms with Crippen molar-refractivity contribution in [2.75, 3.05) is 12.0 Å². The topological polar surface area (TPSA) is 90.2 Å². The Balaban J connectivity index is 1.57. The highest BCUT2D eigenvalue weighted by molar-refractivity contribution is 7.07. The van der Waals surface area contributed by atoms with Crippen molar-refractivity contribution in [2.45, 2.75) is 39.5 Å². The lowest BCUT2D eigenvalue weighted by Crippen LogP contribution is -2.41. The van der Waals surface area contributed by atoms with Crippen molar-refractivity contribution in [3.63, 3.8) is 0 Å². The molecule has 42 heavy (non-hydrogen) atoms. The highest BCUT2D eigenvalue weighted by atomic mass is 32.1. The number of rotatable bonds is 6. The SMILES string of the molecule is COc1ccc([C@H]2C(C(=O)OC(C)C)=C(C)N=c3s/c(=C4\C(=O)N(Cc5ccccc5)c5ccccc54)c(=O)n32)cc1. The number of allylic oxidation sites excluding steroid dienone is 1. The minimum absolute atomic E-state index is 0.249. The number of benzene rings is 3. The van der Waals surface area contributed by atoms with Gasteiger partial charge in [-0.15, -0.1) is 0 Å². The molecular weight excluding hydrogens is 550 g/mol. The fraction of sp³-hybridized carbons (Fsp3) is 0.212. The summed E-state index contributed by atoms with van der Waals surface area (Å²) in [5.41, 5.74) is 3.81. The van der Waals surface area contributed by atoms with Gasteiger partial charge in [0.15, 0.2) is 4.80 Å². The molecule has 1 atom stereocenters. The van der Waals surface area contributed by atoms with Gasteiger partial charge in [-0.1, -0.05) is 72.0 Å². The molecule has 2 aliphatic rings. The number of para-hydroxylation sites is 1. The number of ether oxygens (including phenoxy) is 2. The Hall–Kier alpha value is -4.76. The average Bonchev–Trinajstić information content (AvgIpc) is 3.44. The van der Waals surface area contributed by atoms with Crippen LogP contribution in [0.3, 0.4) is 0 Å². The van der Waals surface area contributed by atoms with E-state index in [9.17, 15) is 14.4 Å². The van der Waals surface area contributed by atoms with E-state index < -0.39 is 12.0 Å². The molecule has 1 amide bonds. The molecule has 4 aromatic rings. The highest BCUT2D eigenvalue weighted by Gasteiger charge is 2.37. The van der Waals surface area contributed by atoms with Crippen LogP contribution < -0.4 is 24.5 Å². The van der Waals surface area contributed by atoms with E-state index in [1.54, 1.807) is 44.9 Å². The molecule has 1 aromatic heterocycles. The predicted molar refractivity (Wildman–Crippen MR) is 161 cm³/mol. The fourth-order valence-corrected chi connectivity index (χ4v) is 6.57. The Morgan fingerprint density at radius 2 is 1.67 bits per heavy atom. The van der Waals surface area contributed by atoms with E-state index in [1.807, 2.05) is 66.7 Å². The van der Waals surface area contributed by atoms with E-state index in [0.717, 1.165) is 22.6 Å². The lowest BCUT2D eigenvalue weighted by molar-refractivity contribution is -0.143. The molecule has 0 aliphatic carbocycles. The first kappa shape index (κ1) is 27.4. The van der Waals surface area contributed by atoms with E-state index in [2.05, 4.69) is 4.99 Å². The van der Waals surface area contributed by atoms with E-state index in [1.165, 1.54) is 4.57 Å². The van der Waals surface area contributed by atoms with Crippen LogP contribution in [0.25, 0.3) is 5.57 Å². The summed E-state index contributed by atoms with van der Waals surface area (Å²) >= 11 is 1.16. The van der Waals surface area contributed by atoms with Crippen molar-refractivity contribution in [3.05, 3.63) is 127 Å². The fourth-order valence-electron chi connectivity index (χ4n) is 5.43. The van der Waals surface area contributed by atoms with Crippen LogP contribution in [0, 0.1) is 0 Å². The van der Waals surface area contributed by atoms with Crippen LogP contribution in [0.1, 0.15) is 43.5 Å². The van der Waals surface area contributed by atoms with Gasteiger partial charge in [0.1, 0.15) is 10.3 Å². The number of aromatic nitrogens is 1. The van der Waals surface area contributed by atoms with Crippen molar-refractivity contribution in [3.8, 4) is 5.75 Å². The summed E-state index contributed by atoms with van der Waals surface area (Å²) in [6, 6.07) is 23.7. The number of nitrogens with zero attached hydrogens (tertiary/aromatic N) is 3. The van der Waals surface area contributed by atoms with Gasteiger partial charge in [-0.3, -0.25) is 14.2 Å². The Morgan fingerprint density at radius 1 is 0.976 bits per heavy atom. The maximum absolute atomic E-state index is 14.3. The van der Waals surface area contributed by atoms with Gasteiger partial charge in [0, 0.05) is 5.56 Å². The summed E-state index contributed by atoms with van der Waals surface area (Å²) in [4.78, 5) is 48.6. The number of thiazole rings is 1. The molecule has 2 aliphatic heterocycles. The van der Waals surface area contributed by atoms with Gasteiger partial charge in [0.25, 0.3) is 11.5 Å². The van der Waals surface area contributed by atoms with Crippen LogP contribution in [0.4, 0.5) is 5.69 Å². The number of hydrogen-bond acceptors (Lipinski definition) is 7. The normalized spacial score (nSPS) is 17.2. The van der Waals surface area contributed by atoms with Gasteiger partial charge < -0.3 is 14.4 Å². The molecule has 0 bridgehead atoms. The van der Waals surface area contributed by atoms with Crippen molar-refractivity contribution >= 4 is 34.5 Å². The van der Waals surface area contributed by atoms with Gasteiger partial charge in [-0.25, -0.2) is 9.79 Å². The Morgan fingerprint density at radius 3 is 2.36 bits per heavy atom. The largest absolute Gasteiger partial charge is 0.497 e. The maximum atomic E-state index is 14.3. The van der Waals surface area contributed by atoms with Crippen molar-refractivity contribution < 1.29 is 19.1 Å². The minimum atomic E-state index is -0.792. The zero-order valence-electron chi connectivity index (χ0n) is 23.7. The lowest BCUT2D eigenvalue weighted by atomic mass is 9.95. The molecule has 6 rings (SSSR count). The van der Waals surface area contributed by atoms with Crippen molar-refractivity contribution in [2.24, 2.45) is 4.99 Å². The number of esters is 1. The van der Waals surface area contributed by atoms with Crippen LogP contribution >= 0.6 is 11.3 Å². The molecule has 3 heterocycles. The van der Waals surface area contributed by atoms with E-state index in [4.69, 9.17) is 9.47 Å². The molecule has 0 radical (unpaired) electrons. The minimum Gasteiger partial charge on any atom is -0.497 e. The quantitative estimate of drug-likeness (QED) is 0.321. The number of carbonyl (C=O) groups excluding carboxylic acids is 2. The Kier molecular flexibility index (Phi) is 7.12. The number of amides is 1. The van der Waals surface area contributed by atoms with Gasteiger partial charge in [0.2, 0.25) is 0 Å². The van der Waals surface area contributed by atoms with Crippen molar-refractivity contribution in [1.82, 2.24) is 4.57 Å². The zero-order chi connectivity index (χ0) is 29.5.